The lowest BCUT2D eigenvalue weighted by molar-refractivity contribution is -0.0327. The highest BCUT2D eigenvalue weighted by Gasteiger charge is 2.35. The second-order valence-electron chi connectivity index (χ2n) is 5.87. The number of morpholine rings is 1. The Morgan fingerprint density at radius 2 is 2.06 bits per heavy atom. The van der Waals surface area contributed by atoms with Gasteiger partial charge in [0.2, 0.25) is 0 Å². The number of rotatable bonds is 4. The fraction of sp³-hybridized carbons (Fsp3) is 1.00. The molecule has 1 aliphatic carbocycles. The summed E-state index contributed by atoms with van der Waals surface area (Å²) in [7, 11) is 0. The number of nitrogens with zero attached hydrogens (tertiary/aromatic N) is 1. The zero-order valence-corrected chi connectivity index (χ0v) is 11.3. The molecule has 1 saturated heterocycles. The summed E-state index contributed by atoms with van der Waals surface area (Å²) in [4.78, 5) is 2.64. The molecule has 0 aromatic carbocycles. The third-order valence-corrected chi connectivity index (χ3v) is 4.71. The Labute approximate surface area is 106 Å². The summed E-state index contributed by atoms with van der Waals surface area (Å²) >= 11 is 0. The van der Waals surface area contributed by atoms with E-state index in [1.54, 1.807) is 0 Å². The van der Waals surface area contributed by atoms with Crippen LogP contribution in [0.5, 0.6) is 0 Å². The highest BCUT2D eigenvalue weighted by atomic mass is 16.5. The molecule has 100 valence electrons. The molecular weight excluding hydrogens is 212 g/mol. The van der Waals surface area contributed by atoms with Crippen molar-refractivity contribution in [3.63, 3.8) is 0 Å². The van der Waals surface area contributed by atoms with Gasteiger partial charge in [0.05, 0.1) is 13.2 Å². The molecule has 0 aromatic rings. The molecule has 3 nitrogen and oxygen atoms in total. The SMILES string of the molecule is CCC1COCCN1CC1(CN)CCCCC1. The van der Waals surface area contributed by atoms with Crippen LogP contribution in [-0.4, -0.2) is 43.8 Å². The van der Waals surface area contributed by atoms with Crippen molar-refractivity contribution in [3.05, 3.63) is 0 Å². The molecule has 1 atom stereocenters. The first-order valence-electron chi connectivity index (χ1n) is 7.31. The Morgan fingerprint density at radius 3 is 2.71 bits per heavy atom. The summed E-state index contributed by atoms with van der Waals surface area (Å²) in [6.45, 7) is 7.24. The van der Waals surface area contributed by atoms with Crippen LogP contribution in [0, 0.1) is 5.41 Å². The first kappa shape index (κ1) is 13.3. The first-order chi connectivity index (χ1) is 8.29. The fourth-order valence-corrected chi connectivity index (χ4v) is 3.43. The summed E-state index contributed by atoms with van der Waals surface area (Å²) in [5, 5.41) is 0. The first-order valence-corrected chi connectivity index (χ1v) is 7.31. The second kappa shape index (κ2) is 6.17. The van der Waals surface area contributed by atoms with E-state index in [9.17, 15) is 0 Å². The maximum Gasteiger partial charge on any atom is 0.0622 e. The Morgan fingerprint density at radius 1 is 1.29 bits per heavy atom. The standard InChI is InChI=1S/C14H28N2O/c1-2-13-10-17-9-8-16(13)12-14(11-15)6-4-3-5-7-14/h13H,2-12,15H2,1H3. The van der Waals surface area contributed by atoms with E-state index >= 15 is 0 Å². The molecule has 1 saturated carbocycles. The quantitative estimate of drug-likeness (QED) is 0.817. The van der Waals surface area contributed by atoms with Gasteiger partial charge in [0.1, 0.15) is 0 Å². The monoisotopic (exact) mass is 240 g/mol. The van der Waals surface area contributed by atoms with E-state index in [4.69, 9.17) is 10.5 Å². The number of hydrogen-bond donors (Lipinski definition) is 1. The van der Waals surface area contributed by atoms with Crippen LogP contribution in [0.15, 0.2) is 0 Å². The van der Waals surface area contributed by atoms with Crippen molar-refractivity contribution >= 4 is 0 Å². The smallest absolute Gasteiger partial charge is 0.0622 e. The third kappa shape index (κ3) is 3.21. The topological polar surface area (TPSA) is 38.5 Å². The van der Waals surface area contributed by atoms with E-state index < -0.39 is 0 Å². The Balaban J connectivity index is 1.96. The van der Waals surface area contributed by atoms with Gasteiger partial charge in [-0.2, -0.15) is 0 Å². The number of nitrogens with two attached hydrogens (primary N) is 1. The van der Waals surface area contributed by atoms with E-state index in [2.05, 4.69) is 11.8 Å². The Bertz CT molecular complexity index is 226. The van der Waals surface area contributed by atoms with E-state index in [0.29, 0.717) is 11.5 Å². The minimum Gasteiger partial charge on any atom is -0.378 e. The van der Waals surface area contributed by atoms with Crippen LogP contribution in [0.1, 0.15) is 45.4 Å². The average molecular weight is 240 g/mol. The van der Waals surface area contributed by atoms with Gasteiger partial charge in [-0.25, -0.2) is 0 Å². The molecule has 0 radical (unpaired) electrons. The van der Waals surface area contributed by atoms with Crippen LogP contribution in [0.4, 0.5) is 0 Å². The van der Waals surface area contributed by atoms with E-state index in [1.165, 1.54) is 45.1 Å². The van der Waals surface area contributed by atoms with Gasteiger partial charge in [-0.05, 0) is 31.2 Å². The van der Waals surface area contributed by atoms with Crippen molar-refractivity contribution in [1.29, 1.82) is 0 Å². The molecule has 0 amide bonds. The molecule has 1 unspecified atom stereocenters. The van der Waals surface area contributed by atoms with Crippen LogP contribution in [0.2, 0.25) is 0 Å². The minimum absolute atomic E-state index is 0.406. The van der Waals surface area contributed by atoms with Crippen molar-refractivity contribution in [2.24, 2.45) is 11.1 Å². The van der Waals surface area contributed by atoms with Gasteiger partial charge in [-0.1, -0.05) is 26.2 Å². The lowest BCUT2D eigenvalue weighted by Gasteiger charge is -2.44. The Kier molecular flexibility index (Phi) is 4.83. The maximum atomic E-state index is 6.08. The van der Waals surface area contributed by atoms with Crippen molar-refractivity contribution in [1.82, 2.24) is 4.90 Å². The largest absolute Gasteiger partial charge is 0.378 e. The lowest BCUT2D eigenvalue weighted by atomic mass is 9.73. The van der Waals surface area contributed by atoms with Crippen molar-refractivity contribution in [3.8, 4) is 0 Å². The molecule has 2 N–H and O–H groups in total. The fourth-order valence-electron chi connectivity index (χ4n) is 3.43. The summed E-state index contributed by atoms with van der Waals surface area (Å²) in [6.07, 6.45) is 8.01. The number of hydrogen-bond acceptors (Lipinski definition) is 3. The van der Waals surface area contributed by atoms with Gasteiger partial charge in [-0.3, -0.25) is 4.90 Å². The molecule has 17 heavy (non-hydrogen) atoms. The normalized spacial score (nSPS) is 30.4. The van der Waals surface area contributed by atoms with Gasteiger partial charge in [0.25, 0.3) is 0 Å². The highest BCUT2D eigenvalue weighted by Crippen LogP contribution is 2.36. The Hall–Kier alpha value is -0.120. The molecule has 2 fully saturated rings. The van der Waals surface area contributed by atoms with Gasteiger partial charge in [0, 0.05) is 19.1 Å². The van der Waals surface area contributed by atoms with Crippen LogP contribution in [-0.2, 0) is 4.74 Å². The van der Waals surface area contributed by atoms with Crippen LogP contribution in [0.3, 0.4) is 0 Å². The lowest BCUT2D eigenvalue weighted by Crippen LogP contribution is -2.52. The zero-order valence-electron chi connectivity index (χ0n) is 11.3. The van der Waals surface area contributed by atoms with Gasteiger partial charge in [-0.15, -0.1) is 0 Å². The minimum atomic E-state index is 0.406. The highest BCUT2D eigenvalue weighted by molar-refractivity contribution is 4.89. The van der Waals surface area contributed by atoms with Gasteiger partial charge >= 0.3 is 0 Å². The summed E-state index contributed by atoms with van der Waals surface area (Å²) < 4.78 is 5.59. The summed E-state index contributed by atoms with van der Waals surface area (Å²) in [5.41, 5.74) is 6.49. The average Bonchev–Trinajstić information content (AvgIpc) is 2.40. The zero-order chi connectivity index (χ0) is 12.1. The van der Waals surface area contributed by atoms with Crippen LogP contribution in [0.25, 0.3) is 0 Å². The van der Waals surface area contributed by atoms with Gasteiger partial charge in [0.15, 0.2) is 0 Å². The molecule has 2 rings (SSSR count). The summed E-state index contributed by atoms with van der Waals surface area (Å²) in [5.74, 6) is 0. The van der Waals surface area contributed by atoms with E-state index in [-0.39, 0.29) is 0 Å². The molecule has 0 bridgehead atoms. The predicted octanol–water partition coefficient (Wildman–Crippen LogP) is 2.01. The van der Waals surface area contributed by atoms with Gasteiger partial charge < -0.3 is 10.5 Å². The molecule has 1 aliphatic heterocycles. The summed E-state index contributed by atoms with van der Waals surface area (Å²) in [6, 6.07) is 0.620. The van der Waals surface area contributed by atoms with Crippen molar-refractivity contribution < 1.29 is 4.74 Å². The third-order valence-electron chi connectivity index (χ3n) is 4.71. The molecule has 3 heteroatoms. The number of ether oxygens (including phenoxy) is 1. The molecule has 0 spiro atoms. The molecular formula is C14H28N2O. The molecule has 0 aromatic heterocycles. The van der Waals surface area contributed by atoms with Crippen LogP contribution < -0.4 is 5.73 Å². The van der Waals surface area contributed by atoms with Crippen molar-refractivity contribution in [2.45, 2.75) is 51.5 Å². The van der Waals surface area contributed by atoms with Crippen LogP contribution >= 0.6 is 0 Å². The maximum absolute atomic E-state index is 6.08. The van der Waals surface area contributed by atoms with E-state index in [1.807, 2.05) is 0 Å². The molecule has 1 heterocycles. The van der Waals surface area contributed by atoms with E-state index in [0.717, 1.165) is 26.3 Å². The second-order valence-corrected chi connectivity index (χ2v) is 5.87. The molecule has 2 aliphatic rings. The van der Waals surface area contributed by atoms with Crippen molar-refractivity contribution in [2.75, 3.05) is 32.8 Å². The predicted molar refractivity (Wildman–Crippen MR) is 71.0 cm³/mol.